The molecule has 2 atom stereocenters. The number of hydrogen-bond acceptors (Lipinski definition) is 5. The quantitative estimate of drug-likeness (QED) is 0.609. The molecule has 2 aliphatic rings. The van der Waals surface area contributed by atoms with E-state index in [0.29, 0.717) is 25.1 Å². The zero-order chi connectivity index (χ0) is 23.9. The predicted octanol–water partition coefficient (Wildman–Crippen LogP) is 4.25. The van der Waals surface area contributed by atoms with Crippen molar-refractivity contribution in [1.29, 1.82) is 0 Å². The number of pyridine rings is 1. The van der Waals surface area contributed by atoms with E-state index in [1.165, 1.54) is 4.90 Å². The van der Waals surface area contributed by atoms with Crippen LogP contribution in [0.1, 0.15) is 35.0 Å². The van der Waals surface area contributed by atoms with Crippen molar-refractivity contribution in [3.05, 3.63) is 59.4 Å². The Kier molecular flexibility index (Phi) is 6.04. The van der Waals surface area contributed by atoms with Crippen molar-refractivity contribution >= 4 is 5.91 Å². The normalized spacial score (nSPS) is 23.3. The van der Waals surface area contributed by atoms with Gasteiger partial charge in [0.25, 0.3) is 11.8 Å². The van der Waals surface area contributed by atoms with E-state index in [-0.39, 0.29) is 25.4 Å². The van der Waals surface area contributed by atoms with E-state index in [1.807, 2.05) is 6.07 Å². The Morgan fingerprint density at radius 1 is 1.24 bits per heavy atom. The summed E-state index contributed by atoms with van der Waals surface area (Å²) in [6, 6.07) is 8.01. The van der Waals surface area contributed by atoms with Crippen molar-refractivity contribution in [3.8, 4) is 5.75 Å². The second-order valence-electron chi connectivity index (χ2n) is 8.09. The van der Waals surface area contributed by atoms with E-state index in [9.17, 15) is 26.7 Å². The first-order valence-electron chi connectivity index (χ1n) is 10.2. The molecule has 6 nitrogen and oxygen atoms in total. The number of alkyl halides is 5. The highest BCUT2D eigenvalue weighted by molar-refractivity contribution is 5.94. The number of halogens is 5. The van der Waals surface area contributed by atoms with Crippen LogP contribution in [0.25, 0.3) is 0 Å². The Hall–Kier alpha value is -2.79. The number of nitrogens with zero attached hydrogens (tertiary/aromatic N) is 2. The standard InChI is InChI=1S/C22H21F5N2O4/c1-20(23,24)12-31-16-6-5-14(10-15(16)22(25,26)27)19(30)29-9-7-21(17-4-2-3-8-28-17)18(11-29)32-13-33-21/h2-6,8,10,18H,7,9,11-13H2,1H3/t18?,21-/m1/s1. The number of aromatic nitrogens is 1. The zero-order valence-corrected chi connectivity index (χ0v) is 17.6. The fourth-order valence-corrected chi connectivity index (χ4v) is 4.04. The molecule has 4 rings (SSSR count). The molecule has 0 radical (unpaired) electrons. The summed E-state index contributed by atoms with van der Waals surface area (Å²) in [5, 5.41) is 0. The van der Waals surface area contributed by atoms with Crippen molar-refractivity contribution in [2.75, 3.05) is 26.5 Å². The fraction of sp³-hybridized carbons (Fsp3) is 0.455. The minimum atomic E-state index is -4.90. The topological polar surface area (TPSA) is 60.9 Å². The molecule has 0 spiro atoms. The number of piperidine rings is 1. The fourth-order valence-electron chi connectivity index (χ4n) is 4.04. The van der Waals surface area contributed by atoms with Crippen LogP contribution in [0, 0.1) is 0 Å². The SMILES string of the molecule is CC(F)(F)COc1ccc(C(=O)N2CC[C@]3(c4ccccn4)OCOC3C2)cc1C(F)(F)F. The van der Waals surface area contributed by atoms with E-state index in [1.54, 1.807) is 18.3 Å². The molecular weight excluding hydrogens is 451 g/mol. The highest BCUT2D eigenvalue weighted by Gasteiger charge is 2.52. The van der Waals surface area contributed by atoms with Gasteiger partial charge in [0.15, 0.2) is 6.61 Å². The van der Waals surface area contributed by atoms with Gasteiger partial charge in [-0.25, -0.2) is 8.78 Å². The molecule has 11 heteroatoms. The van der Waals surface area contributed by atoms with E-state index < -0.39 is 47.6 Å². The molecule has 2 aliphatic heterocycles. The molecule has 3 heterocycles. The second kappa shape index (κ2) is 8.53. The van der Waals surface area contributed by atoms with Crippen LogP contribution >= 0.6 is 0 Å². The van der Waals surface area contributed by atoms with Gasteiger partial charge in [-0.1, -0.05) is 6.07 Å². The third-order valence-electron chi connectivity index (χ3n) is 5.64. The maximum absolute atomic E-state index is 13.5. The summed E-state index contributed by atoms with van der Waals surface area (Å²) in [6.45, 7) is -0.373. The third kappa shape index (κ3) is 4.79. The third-order valence-corrected chi connectivity index (χ3v) is 5.64. The summed E-state index contributed by atoms with van der Waals surface area (Å²) in [4.78, 5) is 18.8. The average molecular weight is 472 g/mol. The van der Waals surface area contributed by atoms with Crippen molar-refractivity contribution in [2.45, 2.75) is 37.1 Å². The number of likely N-dealkylation sites (tertiary alicyclic amines) is 1. The maximum Gasteiger partial charge on any atom is 0.419 e. The number of amides is 1. The monoisotopic (exact) mass is 472 g/mol. The molecule has 1 aromatic carbocycles. The summed E-state index contributed by atoms with van der Waals surface area (Å²) < 4.78 is 82.9. The summed E-state index contributed by atoms with van der Waals surface area (Å²) in [6.07, 6.45) is -3.47. The van der Waals surface area contributed by atoms with E-state index in [0.717, 1.165) is 12.1 Å². The van der Waals surface area contributed by atoms with Crippen molar-refractivity contribution < 1.29 is 41.0 Å². The summed E-state index contributed by atoms with van der Waals surface area (Å²) in [5.74, 6) is -4.71. The zero-order valence-electron chi connectivity index (χ0n) is 17.6. The number of ether oxygens (including phenoxy) is 3. The number of benzene rings is 1. The second-order valence-corrected chi connectivity index (χ2v) is 8.09. The Morgan fingerprint density at radius 3 is 2.70 bits per heavy atom. The molecule has 0 aliphatic carbocycles. The molecule has 1 amide bonds. The van der Waals surface area contributed by atoms with Gasteiger partial charge in [0, 0.05) is 31.6 Å². The lowest BCUT2D eigenvalue weighted by atomic mass is 9.85. The molecule has 1 aromatic heterocycles. The smallest absolute Gasteiger partial charge is 0.419 e. The van der Waals surface area contributed by atoms with Crippen LogP contribution in [-0.4, -0.2) is 54.3 Å². The summed E-state index contributed by atoms with van der Waals surface area (Å²) in [7, 11) is 0. The van der Waals surface area contributed by atoms with Gasteiger partial charge in [-0.2, -0.15) is 13.2 Å². The van der Waals surface area contributed by atoms with Gasteiger partial charge in [0.1, 0.15) is 24.2 Å². The molecule has 1 unspecified atom stereocenters. The molecule has 0 N–H and O–H groups in total. The van der Waals surface area contributed by atoms with Gasteiger partial charge in [-0.05, 0) is 30.3 Å². The number of carbonyl (C=O) groups is 1. The first-order chi connectivity index (χ1) is 15.5. The van der Waals surface area contributed by atoms with Crippen LogP contribution in [0.2, 0.25) is 0 Å². The lowest BCUT2D eigenvalue weighted by Crippen LogP contribution is -2.53. The van der Waals surface area contributed by atoms with Crippen molar-refractivity contribution in [2.24, 2.45) is 0 Å². The van der Waals surface area contributed by atoms with Crippen LogP contribution in [0.5, 0.6) is 5.75 Å². The van der Waals surface area contributed by atoms with Crippen molar-refractivity contribution in [1.82, 2.24) is 9.88 Å². The molecule has 0 saturated carbocycles. The molecular formula is C22H21F5N2O4. The maximum atomic E-state index is 13.5. The Bertz CT molecular complexity index is 1010. The van der Waals surface area contributed by atoms with Gasteiger partial charge < -0.3 is 19.1 Å². The van der Waals surface area contributed by atoms with Crippen LogP contribution < -0.4 is 4.74 Å². The van der Waals surface area contributed by atoms with Gasteiger partial charge in [0.05, 0.1) is 17.8 Å². The lowest BCUT2D eigenvalue weighted by Gasteiger charge is -2.41. The molecule has 0 bridgehead atoms. The van der Waals surface area contributed by atoms with Gasteiger partial charge in [0.2, 0.25) is 0 Å². The van der Waals surface area contributed by atoms with Gasteiger partial charge in [-0.3, -0.25) is 9.78 Å². The first-order valence-corrected chi connectivity index (χ1v) is 10.2. The van der Waals surface area contributed by atoms with Crippen LogP contribution in [0.3, 0.4) is 0 Å². The van der Waals surface area contributed by atoms with Crippen molar-refractivity contribution in [3.63, 3.8) is 0 Å². The van der Waals surface area contributed by atoms with E-state index in [4.69, 9.17) is 9.47 Å². The minimum Gasteiger partial charge on any atom is -0.487 e. The first kappa shape index (κ1) is 23.4. The Morgan fingerprint density at radius 2 is 2.03 bits per heavy atom. The summed E-state index contributed by atoms with van der Waals surface area (Å²) in [5.41, 5.74) is -1.70. The molecule has 2 fully saturated rings. The molecule has 2 aromatic rings. The highest BCUT2D eigenvalue weighted by atomic mass is 19.4. The number of hydrogen-bond donors (Lipinski definition) is 0. The van der Waals surface area contributed by atoms with Gasteiger partial charge in [-0.15, -0.1) is 0 Å². The van der Waals surface area contributed by atoms with E-state index >= 15 is 0 Å². The minimum absolute atomic E-state index is 0.00952. The predicted molar refractivity (Wildman–Crippen MR) is 105 cm³/mol. The average Bonchev–Trinajstić information content (AvgIpc) is 3.21. The largest absolute Gasteiger partial charge is 0.487 e. The van der Waals surface area contributed by atoms with E-state index in [2.05, 4.69) is 9.72 Å². The van der Waals surface area contributed by atoms with Crippen LogP contribution in [0.4, 0.5) is 22.0 Å². The van der Waals surface area contributed by atoms with Crippen LogP contribution in [0.15, 0.2) is 42.6 Å². The number of rotatable bonds is 5. The van der Waals surface area contributed by atoms with Gasteiger partial charge >= 0.3 is 6.18 Å². The molecule has 33 heavy (non-hydrogen) atoms. The highest BCUT2D eigenvalue weighted by Crippen LogP contribution is 2.42. The Labute approximate surface area is 186 Å². The number of carbonyl (C=O) groups excluding carboxylic acids is 1. The molecule has 2 saturated heterocycles. The Balaban J connectivity index is 1.55. The van der Waals surface area contributed by atoms with Crippen LogP contribution in [-0.2, 0) is 21.3 Å². The summed E-state index contributed by atoms with van der Waals surface area (Å²) >= 11 is 0. The number of fused-ring (bicyclic) bond motifs is 1. The molecule has 178 valence electrons. The lowest BCUT2D eigenvalue weighted by molar-refractivity contribution is -0.139.